The molecular weight excluding hydrogens is 247 g/mol. The van der Waals surface area contributed by atoms with Crippen LogP contribution in [0.4, 0.5) is 13.2 Å². The summed E-state index contributed by atoms with van der Waals surface area (Å²) in [5, 5.41) is 13.6. The second-order valence-electron chi connectivity index (χ2n) is 5.64. The largest absolute Gasteiger partial charge is 0.413 e. The molecule has 0 atom stereocenters. The highest BCUT2D eigenvalue weighted by Gasteiger charge is 2.66. The fraction of sp³-hybridized carbons (Fsp3) is 0.900. The molecule has 1 aliphatic rings. The van der Waals surface area contributed by atoms with Crippen LogP contribution < -0.4 is 5.32 Å². The van der Waals surface area contributed by atoms with E-state index in [0.29, 0.717) is 0 Å². The van der Waals surface area contributed by atoms with Gasteiger partial charge in [0.25, 0.3) is 0 Å². The van der Waals surface area contributed by atoms with Crippen LogP contribution in [0.3, 0.4) is 0 Å². The van der Waals surface area contributed by atoms with Crippen molar-refractivity contribution >= 4 is 0 Å². The molecule has 0 spiro atoms. The van der Waals surface area contributed by atoms with Crippen LogP contribution in [0.15, 0.2) is 0 Å². The van der Waals surface area contributed by atoms with Crippen molar-refractivity contribution in [2.24, 2.45) is 0 Å². The van der Waals surface area contributed by atoms with Gasteiger partial charge in [0.05, 0.1) is 6.54 Å². The number of rotatable bonds is 3. The molecule has 5 nitrogen and oxygen atoms in total. The topological polar surface area (TPSA) is 55.6 Å². The number of halogens is 3. The highest BCUT2D eigenvalue weighted by molar-refractivity contribution is 5.07. The molecule has 1 aromatic rings. The summed E-state index contributed by atoms with van der Waals surface area (Å²) in [6.45, 7) is 6.00. The summed E-state index contributed by atoms with van der Waals surface area (Å²) in [5.41, 5.74) is -2.09. The van der Waals surface area contributed by atoms with Crippen molar-refractivity contribution in [1.82, 2.24) is 25.5 Å². The van der Waals surface area contributed by atoms with E-state index in [1.807, 2.05) is 20.8 Å². The van der Waals surface area contributed by atoms with Gasteiger partial charge in [-0.1, -0.05) is 0 Å². The predicted molar refractivity (Wildman–Crippen MR) is 57.7 cm³/mol. The highest BCUT2D eigenvalue weighted by atomic mass is 19.4. The van der Waals surface area contributed by atoms with E-state index in [1.165, 1.54) is 0 Å². The molecule has 0 aromatic carbocycles. The summed E-state index contributed by atoms with van der Waals surface area (Å²) < 4.78 is 39.9. The third-order valence-electron chi connectivity index (χ3n) is 2.97. The molecule has 0 amide bonds. The lowest BCUT2D eigenvalue weighted by molar-refractivity contribution is -0.183. The smallest absolute Gasteiger partial charge is 0.305 e. The third-order valence-corrected chi connectivity index (χ3v) is 2.97. The molecule has 0 unspecified atom stereocenters. The molecule has 0 radical (unpaired) electrons. The van der Waals surface area contributed by atoms with E-state index < -0.39 is 11.7 Å². The molecule has 102 valence electrons. The van der Waals surface area contributed by atoms with Gasteiger partial charge in [-0.15, -0.1) is 5.10 Å². The normalized spacial score (nSPS) is 19.0. The zero-order valence-electron chi connectivity index (χ0n) is 10.5. The molecule has 1 heterocycles. The monoisotopic (exact) mass is 263 g/mol. The van der Waals surface area contributed by atoms with Gasteiger partial charge in [-0.3, -0.25) is 0 Å². The molecule has 18 heavy (non-hydrogen) atoms. The quantitative estimate of drug-likeness (QED) is 0.900. The molecule has 0 saturated heterocycles. The first-order valence-electron chi connectivity index (χ1n) is 5.75. The van der Waals surface area contributed by atoms with E-state index in [-0.39, 0.29) is 30.7 Å². The Morgan fingerprint density at radius 1 is 1.28 bits per heavy atom. The number of hydrogen-bond donors (Lipinski definition) is 1. The van der Waals surface area contributed by atoms with Crippen LogP contribution in [0.2, 0.25) is 0 Å². The van der Waals surface area contributed by atoms with Gasteiger partial charge >= 0.3 is 6.18 Å². The van der Waals surface area contributed by atoms with Crippen LogP contribution in [0.1, 0.15) is 39.4 Å². The molecule has 0 bridgehead atoms. The van der Waals surface area contributed by atoms with Crippen molar-refractivity contribution in [2.75, 3.05) is 0 Å². The minimum absolute atomic E-state index is 0.0457. The molecule has 1 aromatic heterocycles. The van der Waals surface area contributed by atoms with E-state index >= 15 is 0 Å². The maximum atomic E-state index is 13.0. The Bertz CT molecular complexity index is 427. The van der Waals surface area contributed by atoms with Gasteiger partial charge in [-0.2, -0.15) is 13.2 Å². The van der Waals surface area contributed by atoms with Crippen LogP contribution in [0.5, 0.6) is 0 Å². The zero-order chi connectivity index (χ0) is 13.6. The second-order valence-corrected chi connectivity index (χ2v) is 5.64. The minimum atomic E-state index is -4.31. The Labute approximate surface area is 103 Å². The summed E-state index contributed by atoms with van der Waals surface area (Å²) in [5.74, 6) is 0.222. The van der Waals surface area contributed by atoms with Crippen molar-refractivity contribution in [1.29, 1.82) is 0 Å². The number of hydrogen-bond acceptors (Lipinski definition) is 4. The van der Waals surface area contributed by atoms with E-state index in [2.05, 4.69) is 20.8 Å². The first kappa shape index (κ1) is 13.3. The number of aromatic nitrogens is 4. The minimum Gasteiger partial charge on any atom is -0.305 e. The Morgan fingerprint density at radius 2 is 1.89 bits per heavy atom. The standard InChI is InChI=1S/C10H16F3N5/c1-8(2,3)14-6-7-15-16-17-18(7)9(4-5-9)10(11,12)13/h14H,4-6H2,1-3H3. The summed E-state index contributed by atoms with van der Waals surface area (Å²) in [4.78, 5) is 0. The van der Waals surface area contributed by atoms with Crippen LogP contribution in [0.25, 0.3) is 0 Å². The van der Waals surface area contributed by atoms with Gasteiger partial charge in [-0.25, -0.2) is 4.68 Å². The van der Waals surface area contributed by atoms with Crippen molar-refractivity contribution in [3.05, 3.63) is 5.82 Å². The second kappa shape index (κ2) is 3.91. The lowest BCUT2D eigenvalue weighted by Gasteiger charge is -2.23. The van der Waals surface area contributed by atoms with Crippen molar-refractivity contribution in [3.8, 4) is 0 Å². The SMILES string of the molecule is CC(C)(C)NCc1nnnn1C1(C(F)(F)F)CC1. The fourth-order valence-corrected chi connectivity index (χ4v) is 1.73. The van der Waals surface area contributed by atoms with Gasteiger partial charge in [0, 0.05) is 5.54 Å². The van der Waals surface area contributed by atoms with E-state index in [0.717, 1.165) is 4.68 Å². The Morgan fingerprint density at radius 3 is 2.33 bits per heavy atom. The molecule has 0 aliphatic heterocycles. The maximum Gasteiger partial charge on any atom is 0.413 e. The third kappa shape index (κ3) is 2.33. The molecule has 1 fully saturated rings. The van der Waals surface area contributed by atoms with Crippen molar-refractivity contribution < 1.29 is 13.2 Å². The lowest BCUT2D eigenvalue weighted by atomic mass is 10.1. The molecule has 8 heteroatoms. The van der Waals surface area contributed by atoms with E-state index in [9.17, 15) is 13.2 Å². The van der Waals surface area contributed by atoms with Gasteiger partial charge in [-0.05, 0) is 44.0 Å². The van der Waals surface area contributed by atoms with Crippen molar-refractivity contribution in [3.63, 3.8) is 0 Å². The molecule has 2 rings (SSSR count). The lowest BCUT2D eigenvalue weighted by Crippen LogP contribution is -2.40. The zero-order valence-corrected chi connectivity index (χ0v) is 10.5. The number of tetrazole rings is 1. The van der Waals surface area contributed by atoms with Crippen LogP contribution >= 0.6 is 0 Å². The summed E-state index contributed by atoms with van der Waals surface area (Å²) in [6, 6.07) is 0. The van der Waals surface area contributed by atoms with Crippen LogP contribution in [-0.2, 0) is 12.1 Å². The van der Waals surface area contributed by atoms with Gasteiger partial charge in [0.1, 0.15) is 0 Å². The van der Waals surface area contributed by atoms with Gasteiger partial charge < -0.3 is 5.32 Å². The summed E-state index contributed by atoms with van der Waals surface area (Å²) in [7, 11) is 0. The summed E-state index contributed by atoms with van der Waals surface area (Å²) in [6.07, 6.45) is -4.22. The fourth-order valence-electron chi connectivity index (χ4n) is 1.73. The Hall–Kier alpha value is -1.18. The Balaban J connectivity index is 2.19. The Kier molecular flexibility index (Phi) is 2.88. The van der Waals surface area contributed by atoms with E-state index in [4.69, 9.17) is 0 Å². The number of nitrogens with zero attached hydrogens (tertiary/aromatic N) is 4. The molecule has 1 saturated carbocycles. The average Bonchev–Trinajstić information content (AvgIpc) is 2.88. The average molecular weight is 263 g/mol. The van der Waals surface area contributed by atoms with Crippen LogP contribution in [-0.4, -0.2) is 31.9 Å². The number of alkyl halides is 3. The maximum absolute atomic E-state index is 13.0. The van der Waals surface area contributed by atoms with Gasteiger partial charge in [0.15, 0.2) is 11.4 Å². The van der Waals surface area contributed by atoms with Crippen molar-refractivity contribution in [2.45, 2.75) is 57.4 Å². The predicted octanol–water partition coefficient (Wildman–Crippen LogP) is 1.61. The number of nitrogens with one attached hydrogen (secondary N) is 1. The van der Waals surface area contributed by atoms with Crippen LogP contribution in [0, 0.1) is 0 Å². The van der Waals surface area contributed by atoms with Gasteiger partial charge in [0.2, 0.25) is 0 Å². The molecule has 1 N–H and O–H groups in total. The molecular formula is C10H16F3N5. The molecule has 1 aliphatic carbocycles. The highest BCUT2D eigenvalue weighted by Crippen LogP contribution is 2.55. The summed E-state index contributed by atoms with van der Waals surface area (Å²) >= 11 is 0. The first-order chi connectivity index (χ1) is 8.16. The first-order valence-corrected chi connectivity index (χ1v) is 5.75. The van der Waals surface area contributed by atoms with E-state index in [1.54, 1.807) is 0 Å².